The lowest BCUT2D eigenvalue weighted by molar-refractivity contribution is -0.143. The summed E-state index contributed by atoms with van der Waals surface area (Å²) >= 11 is 3.37. The van der Waals surface area contributed by atoms with Crippen molar-refractivity contribution in [3.8, 4) is 0 Å². The maximum absolute atomic E-state index is 12.2. The van der Waals surface area contributed by atoms with Crippen LogP contribution in [0.15, 0.2) is 34.8 Å². The highest BCUT2D eigenvalue weighted by atomic mass is 79.9. The molecule has 0 radical (unpaired) electrons. The molecule has 1 aliphatic rings. The summed E-state index contributed by atoms with van der Waals surface area (Å²) in [5.41, 5.74) is 0.903. The molecule has 1 aromatic rings. The molecular formula is C15H16BrNO4. The Kier molecular flexibility index (Phi) is 5.52. The van der Waals surface area contributed by atoms with E-state index in [1.807, 2.05) is 24.3 Å². The molecule has 1 atom stereocenters. The summed E-state index contributed by atoms with van der Waals surface area (Å²) in [5, 5.41) is 8.89. The highest BCUT2D eigenvalue weighted by Gasteiger charge is 2.27. The summed E-state index contributed by atoms with van der Waals surface area (Å²) in [6.07, 6.45) is 3.10. The molecule has 1 fully saturated rings. The second kappa shape index (κ2) is 7.38. The Morgan fingerprint density at radius 3 is 3.00 bits per heavy atom. The fraction of sp³-hybridized carbons (Fsp3) is 0.333. The zero-order valence-corrected chi connectivity index (χ0v) is 13.0. The van der Waals surface area contributed by atoms with Crippen LogP contribution in [0.25, 0.3) is 6.08 Å². The average molecular weight is 354 g/mol. The van der Waals surface area contributed by atoms with Crippen molar-refractivity contribution >= 4 is 33.9 Å². The smallest absolute Gasteiger partial charge is 0.305 e. The fourth-order valence-corrected chi connectivity index (χ4v) is 2.61. The molecule has 1 N–H and O–H groups in total. The lowest BCUT2D eigenvalue weighted by Crippen LogP contribution is -2.49. The van der Waals surface area contributed by atoms with Gasteiger partial charge in [-0.1, -0.05) is 28.1 Å². The molecule has 0 aliphatic carbocycles. The monoisotopic (exact) mass is 353 g/mol. The minimum atomic E-state index is -0.931. The van der Waals surface area contributed by atoms with Crippen molar-refractivity contribution in [2.24, 2.45) is 0 Å². The quantitative estimate of drug-likeness (QED) is 0.842. The number of benzene rings is 1. The number of nitrogens with zero attached hydrogens (tertiary/aromatic N) is 1. The van der Waals surface area contributed by atoms with E-state index in [1.54, 1.807) is 11.0 Å². The van der Waals surface area contributed by atoms with Gasteiger partial charge in [-0.3, -0.25) is 9.59 Å². The molecule has 1 aliphatic heterocycles. The Hall–Kier alpha value is -1.66. The van der Waals surface area contributed by atoms with Crippen molar-refractivity contribution in [3.05, 3.63) is 40.4 Å². The Labute approximate surface area is 131 Å². The van der Waals surface area contributed by atoms with E-state index < -0.39 is 12.0 Å². The van der Waals surface area contributed by atoms with Gasteiger partial charge < -0.3 is 14.7 Å². The van der Waals surface area contributed by atoms with Gasteiger partial charge in [0, 0.05) is 17.1 Å². The number of carbonyl (C=O) groups excluding carboxylic acids is 1. The number of amides is 1. The Morgan fingerprint density at radius 2 is 2.29 bits per heavy atom. The van der Waals surface area contributed by atoms with Crippen LogP contribution in [0, 0.1) is 0 Å². The molecule has 0 bridgehead atoms. The number of hydrogen-bond donors (Lipinski definition) is 1. The van der Waals surface area contributed by atoms with E-state index in [-0.39, 0.29) is 18.9 Å². The van der Waals surface area contributed by atoms with Crippen molar-refractivity contribution in [3.63, 3.8) is 0 Å². The summed E-state index contributed by atoms with van der Waals surface area (Å²) in [6, 6.07) is 7.18. The van der Waals surface area contributed by atoms with Crippen LogP contribution in [-0.2, 0) is 14.3 Å². The molecular weight excluding hydrogens is 338 g/mol. The summed E-state index contributed by atoms with van der Waals surface area (Å²) in [4.78, 5) is 24.6. The second-order valence-electron chi connectivity index (χ2n) is 4.75. The molecule has 5 nitrogen and oxygen atoms in total. The van der Waals surface area contributed by atoms with E-state index in [2.05, 4.69) is 15.9 Å². The molecule has 2 rings (SSSR count). The van der Waals surface area contributed by atoms with E-state index in [1.165, 1.54) is 6.08 Å². The standard InChI is InChI=1S/C15H16BrNO4/c16-12-3-1-2-11(8-12)4-5-14(18)17-6-7-21-10-13(17)9-15(19)20/h1-5,8,13H,6-7,9-10H2,(H,19,20)/b5-4+. The normalized spacial score (nSPS) is 18.9. The number of carbonyl (C=O) groups is 2. The lowest BCUT2D eigenvalue weighted by atomic mass is 10.1. The zero-order valence-electron chi connectivity index (χ0n) is 11.4. The molecule has 0 saturated carbocycles. The van der Waals surface area contributed by atoms with E-state index in [4.69, 9.17) is 9.84 Å². The number of hydrogen-bond acceptors (Lipinski definition) is 3. The first kappa shape index (κ1) is 15.7. The first-order valence-corrected chi connectivity index (χ1v) is 7.39. The Morgan fingerprint density at radius 1 is 1.48 bits per heavy atom. The van der Waals surface area contributed by atoms with Gasteiger partial charge in [0.1, 0.15) is 0 Å². The third kappa shape index (κ3) is 4.68. The Balaban J connectivity index is 2.05. The number of halogens is 1. The number of rotatable bonds is 4. The van der Waals surface area contributed by atoms with Crippen molar-refractivity contribution in [2.75, 3.05) is 19.8 Å². The number of morpholine rings is 1. The summed E-state index contributed by atoms with van der Waals surface area (Å²) in [7, 11) is 0. The molecule has 0 aromatic heterocycles. The van der Waals surface area contributed by atoms with E-state index in [9.17, 15) is 9.59 Å². The SMILES string of the molecule is O=C(O)CC1COCCN1C(=O)/C=C/c1cccc(Br)c1. The highest BCUT2D eigenvalue weighted by Crippen LogP contribution is 2.15. The molecule has 1 amide bonds. The van der Waals surface area contributed by atoms with Gasteiger partial charge in [-0.2, -0.15) is 0 Å². The molecule has 21 heavy (non-hydrogen) atoms. The fourth-order valence-electron chi connectivity index (χ4n) is 2.19. The van der Waals surface area contributed by atoms with Gasteiger partial charge in [-0.05, 0) is 23.8 Å². The van der Waals surface area contributed by atoms with E-state index >= 15 is 0 Å². The first-order valence-electron chi connectivity index (χ1n) is 6.60. The van der Waals surface area contributed by atoms with Crippen LogP contribution in [0.2, 0.25) is 0 Å². The van der Waals surface area contributed by atoms with Gasteiger partial charge in [0.2, 0.25) is 5.91 Å². The van der Waals surface area contributed by atoms with Crippen LogP contribution in [0.3, 0.4) is 0 Å². The minimum Gasteiger partial charge on any atom is -0.481 e. The molecule has 0 spiro atoms. The van der Waals surface area contributed by atoms with Crippen LogP contribution in [0.5, 0.6) is 0 Å². The van der Waals surface area contributed by atoms with Crippen molar-refractivity contribution in [1.82, 2.24) is 4.90 Å². The summed E-state index contributed by atoms with van der Waals surface area (Å²) in [6.45, 7) is 1.12. The lowest BCUT2D eigenvalue weighted by Gasteiger charge is -2.34. The van der Waals surface area contributed by atoms with Crippen molar-refractivity contribution in [1.29, 1.82) is 0 Å². The van der Waals surface area contributed by atoms with Gasteiger partial charge >= 0.3 is 5.97 Å². The van der Waals surface area contributed by atoms with Crippen LogP contribution in [0.1, 0.15) is 12.0 Å². The molecule has 1 aromatic carbocycles. The topological polar surface area (TPSA) is 66.8 Å². The van der Waals surface area contributed by atoms with Crippen molar-refractivity contribution < 1.29 is 19.4 Å². The van der Waals surface area contributed by atoms with Crippen molar-refractivity contribution in [2.45, 2.75) is 12.5 Å². The molecule has 1 heterocycles. The van der Waals surface area contributed by atoms with Gasteiger partial charge in [0.05, 0.1) is 25.7 Å². The second-order valence-corrected chi connectivity index (χ2v) is 5.66. The predicted octanol–water partition coefficient (Wildman–Crippen LogP) is 2.16. The number of carboxylic acids is 1. The maximum atomic E-state index is 12.2. The highest BCUT2D eigenvalue weighted by molar-refractivity contribution is 9.10. The maximum Gasteiger partial charge on any atom is 0.305 e. The van der Waals surface area contributed by atoms with Crippen LogP contribution in [0.4, 0.5) is 0 Å². The van der Waals surface area contributed by atoms with E-state index in [0.717, 1.165) is 10.0 Å². The largest absolute Gasteiger partial charge is 0.481 e. The van der Waals surface area contributed by atoms with Crippen LogP contribution in [-0.4, -0.2) is 47.7 Å². The summed E-state index contributed by atoms with van der Waals surface area (Å²) < 4.78 is 6.19. The van der Waals surface area contributed by atoms with Gasteiger partial charge in [0.15, 0.2) is 0 Å². The predicted molar refractivity (Wildman–Crippen MR) is 81.7 cm³/mol. The third-order valence-electron chi connectivity index (χ3n) is 3.19. The van der Waals surface area contributed by atoms with Crippen LogP contribution < -0.4 is 0 Å². The average Bonchev–Trinajstić information content (AvgIpc) is 2.45. The van der Waals surface area contributed by atoms with Gasteiger partial charge in [0.25, 0.3) is 0 Å². The zero-order chi connectivity index (χ0) is 15.2. The molecule has 112 valence electrons. The number of ether oxygens (including phenoxy) is 1. The summed E-state index contributed by atoms with van der Waals surface area (Å²) in [5.74, 6) is -1.12. The first-order chi connectivity index (χ1) is 10.1. The van der Waals surface area contributed by atoms with Gasteiger partial charge in [-0.15, -0.1) is 0 Å². The third-order valence-corrected chi connectivity index (χ3v) is 3.68. The molecule has 1 unspecified atom stereocenters. The van der Waals surface area contributed by atoms with Gasteiger partial charge in [-0.25, -0.2) is 0 Å². The number of aliphatic carboxylic acids is 1. The number of carboxylic acid groups (broad SMARTS) is 1. The molecule has 6 heteroatoms. The molecule has 1 saturated heterocycles. The Bertz CT molecular complexity index is 558. The minimum absolute atomic E-state index is 0.101. The van der Waals surface area contributed by atoms with E-state index in [0.29, 0.717) is 13.2 Å². The van der Waals surface area contributed by atoms with Crippen LogP contribution >= 0.6 is 15.9 Å².